The van der Waals surface area contributed by atoms with Gasteiger partial charge in [-0.1, -0.05) is 18.2 Å². The molecule has 35 heavy (non-hydrogen) atoms. The Morgan fingerprint density at radius 3 is 2.71 bits per heavy atom. The Bertz CT molecular complexity index is 1210. The summed E-state index contributed by atoms with van der Waals surface area (Å²) in [6.07, 6.45) is 2.66. The minimum Gasteiger partial charge on any atom is -0.459 e. The fourth-order valence-electron chi connectivity index (χ4n) is 5.18. The van der Waals surface area contributed by atoms with Crippen molar-refractivity contribution in [1.29, 1.82) is 0 Å². The number of ether oxygens (including phenoxy) is 2. The van der Waals surface area contributed by atoms with Gasteiger partial charge < -0.3 is 14.8 Å². The lowest BCUT2D eigenvalue weighted by molar-refractivity contribution is -0.384. The largest absolute Gasteiger partial charge is 0.459 e. The molecule has 3 aliphatic rings. The van der Waals surface area contributed by atoms with Gasteiger partial charge in [0.25, 0.3) is 5.69 Å². The summed E-state index contributed by atoms with van der Waals surface area (Å²) in [4.78, 5) is 38.8. The van der Waals surface area contributed by atoms with Gasteiger partial charge in [-0.05, 0) is 43.2 Å². The average Bonchev–Trinajstić information content (AvgIpc) is 3.56. The molecule has 2 aliphatic heterocycles. The van der Waals surface area contributed by atoms with Crippen LogP contribution < -0.4 is 5.32 Å². The number of nitrogens with one attached hydrogen (secondary N) is 1. The van der Waals surface area contributed by atoms with Gasteiger partial charge in [-0.25, -0.2) is 4.79 Å². The van der Waals surface area contributed by atoms with E-state index in [1.807, 2.05) is 24.4 Å². The Labute approximate surface area is 206 Å². The highest BCUT2D eigenvalue weighted by molar-refractivity contribution is 7.10. The SMILES string of the molecule is CC1=C(C(=O)OC[C@@H]2CCCO2)[C@@H](c2ccc([N+](=O)[O-])cc2)C2=C(C[C@H](c3cccs3)CC2=O)N1. The summed E-state index contributed by atoms with van der Waals surface area (Å²) in [5.41, 5.74) is 2.93. The molecule has 182 valence electrons. The van der Waals surface area contributed by atoms with E-state index in [9.17, 15) is 19.7 Å². The first-order chi connectivity index (χ1) is 16.9. The van der Waals surface area contributed by atoms with Gasteiger partial charge in [0.05, 0.1) is 16.6 Å². The third kappa shape index (κ3) is 4.66. The fraction of sp³-hybridized carbons (Fsp3) is 0.385. The summed E-state index contributed by atoms with van der Waals surface area (Å²) in [6, 6.07) is 10.1. The van der Waals surface area contributed by atoms with E-state index in [0.29, 0.717) is 41.9 Å². The van der Waals surface area contributed by atoms with Crippen molar-refractivity contribution in [1.82, 2.24) is 5.32 Å². The normalized spacial score (nSPS) is 24.3. The molecule has 1 aliphatic carbocycles. The van der Waals surface area contributed by atoms with Crippen LogP contribution in [0.1, 0.15) is 54.9 Å². The number of esters is 1. The summed E-state index contributed by atoms with van der Waals surface area (Å²) >= 11 is 1.63. The molecule has 9 heteroatoms. The van der Waals surface area contributed by atoms with Crippen LogP contribution in [0.3, 0.4) is 0 Å². The Kier molecular flexibility index (Phi) is 6.53. The molecule has 0 spiro atoms. The number of Topliss-reactive ketones (excluding diaryl/α,β-unsaturated/α-hetero) is 1. The number of carbonyl (C=O) groups excluding carboxylic acids is 2. The van der Waals surface area contributed by atoms with Gasteiger partial charge in [0.2, 0.25) is 0 Å². The molecule has 0 radical (unpaired) electrons. The first-order valence-electron chi connectivity index (χ1n) is 11.7. The maximum atomic E-state index is 13.5. The lowest BCUT2D eigenvalue weighted by Gasteiger charge is -2.36. The van der Waals surface area contributed by atoms with E-state index in [-0.39, 0.29) is 30.1 Å². The van der Waals surface area contributed by atoms with Crippen LogP contribution in [0.4, 0.5) is 5.69 Å². The molecule has 8 nitrogen and oxygen atoms in total. The van der Waals surface area contributed by atoms with Crippen LogP contribution in [-0.4, -0.2) is 36.0 Å². The highest BCUT2D eigenvalue weighted by atomic mass is 32.1. The molecule has 0 saturated carbocycles. The number of hydrogen-bond acceptors (Lipinski definition) is 8. The summed E-state index contributed by atoms with van der Waals surface area (Å²) in [7, 11) is 0. The van der Waals surface area contributed by atoms with Gasteiger partial charge in [-0.2, -0.15) is 0 Å². The minimum atomic E-state index is -0.652. The highest BCUT2D eigenvalue weighted by Gasteiger charge is 2.42. The second-order valence-electron chi connectivity index (χ2n) is 9.11. The van der Waals surface area contributed by atoms with Gasteiger partial charge >= 0.3 is 5.97 Å². The predicted octanol–water partition coefficient (Wildman–Crippen LogP) is 4.74. The Balaban J connectivity index is 1.51. The quantitative estimate of drug-likeness (QED) is 0.351. The number of nitrogens with zero attached hydrogens (tertiary/aromatic N) is 1. The maximum Gasteiger partial charge on any atom is 0.336 e. The van der Waals surface area contributed by atoms with Crippen molar-refractivity contribution in [2.24, 2.45) is 0 Å². The van der Waals surface area contributed by atoms with E-state index in [1.54, 1.807) is 23.5 Å². The van der Waals surface area contributed by atoms with E-state index in [2.05, 4.69) is 5.32 Å². The second-order valence-corrected chi connectivity index (χ2v) is 10.1. The highest BCUT2D eigenvalue weighted by Crippen LogP contribution is 2.46. The number of thiophene rings is 1. The minimum absolute atomic E-state index is 0.0302. The molecule has 1 aromatic heterocycles. The number of carbonyl (C=O) groups is 2. The van der Waals surface area contributed by atoms with E-state index >= 15 is 0 Å². The van der Waals surface area contributed by atoms with E-state index in [1.165, 1.54) is 12.1 Å². The number of non-ortho nitro benzene ring substituents is 1. The first kappa shape index (κ1) is 23.4. The van der Waals surface area contributed by atoms with Crippen LogP contribution >= 0.6 is 11.3 Å². The molecule has 1 N–H and O–H groups in total. The number of hydrogen-bond donors (Lipinski definition) is 1. The van der Waals surface area contributed by atoms with Crippen molar-refractivity contribution in [3.8, 4) is 0 Å². The third-order valence-corrected chi connectivity index (χ3v) is 7.89. The molecule has 3 atom stereocenters. The van der Waals surface area contributed by atoms with E-state index in [4.69, 9.17) is 9.47 Å². The molecule has 1 saturated heterocycles. The molecular formula is C26H26N2O6S. The number of allylic oxidation sites excluding steroid dienone is 3. The van der Waals surface area contributed by atoms with E-state index < -0.39 is 16.8 Å². The lowest BCUT2D eigenvalue weighted by atomic mass is 9.72. The number of nitro groups is 1. The fourth-order valence-corrected chi connectivity index (χ4v) is 6.01. The smallest absolute Gasteiger partial charge is 0.336 e. The van der Waals surface area contributed by atoms with Crippen molar-refractivity contribution < 1.29 is 24.0 Å². The zero-order valence-electron chi connectivity index (χ0n) is 19.3. The zero-order chi connectivity index (χ0) is 24.5. The maximum absolute atomic E-state index is 13.5. The molecule has 1 aromatic carbocycles. The molecule has 0 bridgehead atoms. The number of dihydropyridines is 1. The van der Waals surface area contributed by atoms with Crippen molar-refractivity contribution in [2.75, 3.05) is 13.2 Å². The van der Waals surface area contributed by atoms with Gasteiger partial charge in [0.15, 0.2) is 5.78 Å². The molecule has 5 rings (SSSR count). The van der Waals surface area contributed by atoms with Crippen LogP contribution in [0.25, 0.3) is 0 Å². The number of rotatable bonds is 6. The average molecular weight is 495 g/mol. The standard InChI is InChI=1S/C26H26N2O6S/c1-15-23(26(30)34-14-19-4-2-10-33-19)24(16-6-8-18(9-7-16)28(31)32)25-20(27-15)12-17(13-21(25)29)22-5-3-11-35-22/h3,5-9,11,17,19,24,27H,2,4,10,12-14H2,1H3/t17-,19-,24+/m0/s1. The monoisotopic (exact) mass is 494 g/mol. The summed E-state index contributed by atoms with van der Waals surface area (Å²) < 4.78 is 11.2. The summed E-state index contributed by atoms with van der Waals surface area (Å²) in [5.74, 6) is -1.11. The van der Waals surface area contributed by atoms with Gasteiger partial charge in [0, 0.05) is 58.8 Å². The predicted molar refractivity (Wildman–Crippen MR) is 130 cm³/mol. The van der Waals surface area contributed by atoms with Crippen LogP contribution in [-0.2, 0) is 19.1 Å². The Morgan fingerprint density at radius 2 is 2.06 bits per heavy atom. The summed E-state index contributed by atoms with van der Waals surface area (Å²) in [5, 5.41) is 16.5. The number of nitro benzene ring substituents is 1. The topological polar surface area (TPSA) is 108 Å². The number of benzene rings is 1. The number of ketones is 1. The second kappa shape index (κ2) is 9.75. The lowest BCUT2D eigenvalue weighted by Crippen LogP contribution is -2.36. The molecule has 1 fully saturated rings. The molecule has 0 unspecified atom stereocenters. The van der Waals surface area contributed by atoms with E-state index in [0.717, 1.165) is 23.4 Å². The molecule has 0 amide bonds. The van der Waals surface area contributed by atoms with Crippen LogP contribution in [0.2, 0.25) is 0 Å². The van der Waals surface area contributed by atoms with Crippen LogP contribution in [0, 0.1) is 10.1 Å². The van der Waals surface area contributed by atoms with Crippen molar-refractivity contribution >= 4 is 28.8 Å². The first-order valence-corrected chi connectivity index (χ1v) is 12.6. The van der Waals surface area contributed by atoms with Crippen molar-refractivity contribution in [2.45, 2.75) is 50.5 Å². The molecular weight excluding hydrogens is 468 g/mol. The molecule has 2 aromatic rings. The zero-order valence-corrected chi connectivity index (χ0v) is 20.1. The third-order valence-electron chi connectivity index (χ3n) is 6.85. The van der Waals surface area contributed by atoms with Crippen molar-refractivity contribution in [3.05, 3.63) is 84.9 Å². The van der Waals surface area contributed by atoms with Gasteiger partial charge in [-0.15, -0.1) is 11.3 Å². The van der Waals surface area contributed by atoms with Crippen molar-refractivity contribution in [3.63, 3.8) is 0 Å². The Morgan fingerprint density at radius 1 is 1.26 bits per heavy atom. The Hall–Kier alpha value is -3.30. The summed E-state index contributed by atoms with van der Waals surface area (Å²) in [6.45, 7) is 2.63. The van der Waals surface area contributed by atoms with Gasteiger partial charge in [-0.3, -0.25) is 14.9 Å². The van der Waals surface area contributed by atoms with Crippen LogP contribution in [0.5, 0.6) is 0 Å². The van der Waals surface area contributed by atoms with Crippen LogP contribution in [0.15, 0.2) is 64.3 Å². The van der Waals surface area contributed by atoms with Gasteiger partial charge in [0.1, 0.15) is 6.61 Å². The molecule has 3 heterocycles.